The van der Waals surface area contributed by atoms with Crippen molar-refractivity contribution in [2.45, 2.75) is 20.3 Å². The predicted octanol–water partition coefficient (Wildman–Crippen LogP) is 2.78. The summed E-state index contributed by atoms with van der Waals surface area (Å²) in [5.41, 5.74) is 0. The third kappa shape index (κ3) is 2.55. The van der Waals surface area contributed by atoms with E-state index in [1.165, 1.54) is 11.2 Å². The highest BCUT2D eigenvalue weighted by Gasteiger charge is 2.14. The van der Waals surface area contributed by atoms with Crippen LogP contribution in [0.3, 0.4) is 0 Å². The zero-order valence-electron chi connectivity index (χ0n) is 10.6. The molecule has 0 aliphatic heterocycles. The van der Waals surface area contributed by atoms with Crippen LogP contribution in [0.1, 0.15) is 18.7 Å². The van der Waals surface area contributed by atoms with Gasteiger partial charge in [-0.25, -0.2) is 4.98 Å². The van der Waals surface area contributed by atoms with E-state index in [-0.39, 0.29) is 0 Å². The molecule has 0 bridgehead atoms. The molecule has 0 unspecified atom stereocenters. The van der Waals surface area contributed by atoms with Gasteiger partial charge in [0, 0.05) is 4.88 Å². The highest BCUT2D eigenvalue weighted by Crippen LogP contribution is 2.29. The summed E-state index contributed by atoms with van der Waals surface area (Å²) in [5.74, 6) is 2.09. The van der Waals surface area contributed by atoms with Gasteiger partial charge in [-0.2, -0.15) is 10.1 Å². The van der Waals surface area contributed by atoms with Gasteiger partial charge in [-0.3, -0.25) is 5.10 Å². The molecule has 3 heterocycles. The molecular weight excluding hydrogens is 262 g/mol. The number of hydrogen-bond donors (Lipinski definition) is 1. The predicted molar refractivity (Wildman–Crippen MR) is 71.5 cm³/mol. The number of nitrogens with zero attached hydrogens (tertiary/aromatic N) is 4. The molecule has 0 fully saturated rings. The Labute approximate surface area is 113 Å². The molecule has 0 spiro atoms. The quantitative estimate of drug-likeness (QED) is 0.791. The average molecular weight is 275 g/mol. The van der Waals surface area contributed by atoms with E-state index >= 15 is 0 Å². The van der Waals surface area contributed by atoms with E-state index in [1.54, 1.807) is 11.3 Å². The van der Waals surface area contributed by atoms with E-state index in [2.05, 4.69) is 45.2 Å². The summed E-state index contributed by atoms with van der Waals surface area (Å²) < 4.78 is 5.25. The van der Waals surface area contributed by atoms with Crippen molar-refractivity contribution in [1.82, 2.24) is 25.3 Å². The number of aromatic nitrogens is 5. The monoisotopic (exact) mass is 275 g/mol. The van der Waals surface area contributed by atoms with Crippen molar-refractivity contribution in [3.8, 4) is 22.4 Å². The summed E-state index contributed by atoms with van der Waals surface area (Å²) >= 11 is 1.68. The number of thiophene rings is 1. The first-order valence-electron chi connectivity index (χ1n) is 6.01. The van der Waals surface area contributed by atoms with Crippen LogP contribution in [-0.4, -0.2) is 25.3 Å². The summed E-state index contributed by atoms with van der Waals surface area (Å²) in [6.45, 7) is 4.40. The molecule has 0 saturated heterocycles. The number of H-pyrrole nitrogens is 1. The Morgan fingerprint density at radius 2 is 2.26 bits per heavy atom. The molecule has 0 atom stereocenters. The molecule has 0 radical (unpaired) electrons. The minimum Gasteiger partial charge on any atom is -0.333 e. The van der Waals surface area contributed by atoms with Crippen LogP contribution in [0.2, 0.25) is 0 Å². The van der Waals surface area contributed by atoms with Gasteiger partial charge < -0.3 is 4.52 Å². The zero-order chi connectivity index (χ0) is 13.2. The van der Waals surface area contributed by atoms with E-state index in [1.807, 2.05) is 6.07 Å². The van der Waals surface area contributed by atoms with E-state index in [0.717, 1.165) is 11.3 Å². The molecule has 3 rings (SSSR count). The van der Waals surface area contributed by atoms with Crippen LogP contribution >= 0.6 is 11.3 Å². The van der Waals surface area contributed by atoms with Gasteiger partial charge in [-0.05, 0) is 24.5 Å². The van der Waals surface area contributed by atoms with Crippen molar-refractivity contribution in [3.05, 3.63) is 23.3 Å². The topological polar surface area (TPSA) is 80.5 Å². The lowest BCUT2D eigenvalue weighted by molar-refractivity contribution is 0.433. The zero-order valence-corrected chi connectivity index (χ0v) is 11.4. The summed E-state index contributed by atoms with van der Waals surface area (Å²) in [6, 6.07) is 4.12. The fourth-order valence-electron chi connectivity index (χ4n) is 1.74. The van der Waals surface area contributed by atoms with E-state index in [0.29, 0.717) is 23.5 Å². The molecule has 0 aromatic carbocycles. The Kier molecular flexibility index (Phi) is 3.12. The number of nitrogens with one attached hydrogen (secondary N) is 1. The maximum absolute atomic E-state index is 5.25. The lowest BCUT2D eigenvalue weighted by atomic mass is 10.1. The number of hydrogen-bond acceptors (Lipinski definition) is 6. The molecule has 1 N–H and O–H groups in total. The first kappa shape index (κ1) is 12.0. The SMILES string of the molecule is CC(C)Cc1ccc(-c2nc(-c3ncn[nH]3)no2)s1. The Bertz CT molecular complexity index is 655. The van der Waals surface area contributed by atoms with Crippen LogP contribution < -0.4 is 0 Å². The summed E-state index contributed by atoms with van der Waals surface area (Å²) in [7, 11) is 0. The molecule has 7 heteroatoms. The van der Waals surface area contributed by atoms with Gasteiger partial charge in [-0.15, -0.1) is 11.3 Å². The van der Waals surface area contributed by atoms with Crippen molar-refractivity contribution in [2.24, 2.45) is 5.92 Å². The van der Waals surface area contributed by atoms with Crippen molar-refractivity contribution in [2.75, 3.05) is 0 Å². The normalized spacial score (nSPS) is 11.3. The lowest BCUT2D eigenvalue weighted by Crippen LogP contribution is -1.89. The molecule has 0 aliphatic rings. The van der Waals surface area contributed by atoms with Gasteiger partial charge in [0.15, 0.2) is 5.82 Å². The number of aromatic amines is 1. The smallest absolute Gasteiger partial charge is 0.268 e. The maximum atomic E-state index is 5.25. The molecule has 0 saturated carbocycles. The molecule has 3 aromatic rings. The summed E-state index contributed by atoms with van der Waals surface area (Å²) in [4.78, 5) is 10.6. The highest BCUT2D eigenvalue weighted by atomic mass is 32.1. The molecule has 0 amide bonds. The second-order valence-electron chi connectivity index (χ2n) is 4.62. The van der Waals surface area contributed by atoms with Gasteiger partial charge in [-0.1, -0.05) is 19.0 Å². The molecule has 6 nitrogen and oxygen atoms in total. The molecule has 0 aliphatic carbocycles. The van der Waals surface area contributed by atoms with E-state index < -0.39 is 0 Å². The van der Waals surface area contributed by atoms with Crippen molar-refractivity contribution in [1.29, 1.82) is 0 Å². The van der Waals surface area contributed by atoms with Crippen LogP contribution in [-0.2, 0) is 6.42 Å². The van der Waals surface area contributed by atoms with Crippen molar-refractivity contribution in [3.63, 3.8) is 0 Å². The fourth-order valence-corrected chi connectivity index (χ4v) is 2.88. The van der Waals surface area contributed by atoms with Gasteiger partial charge in [0.2, 0.25) is 5.82 Å². The minimum absolute atomic E-state index is 0.423. The van der Waals surface area contributed by atoms with E-state index in [9.17, 15) is 0 Å². The van der Waals surface area contributed by atoms with Crippen LogP contribution in [0.15, 0.2) is 23.0 Å². The molecule has 19 heavy (non-hydrogen) atoms. The van der Waals surface area contributed by atoms with Crippen molar-refractivity contribution >= 4 is 11.3 Å². The Hall–Kier alpha value is -2.02. The second-order valence-corrected chi connectivity index (χ2v) is 5.79. The average Bonchev–Trinajstić information content (AvgIpc) is 3.09. The van der Waals surface area contributed by atoms with Gasteiger partial charge >= 0.3 is 0 Å². The van der Waals surface area contributed by atoms with Gasteiger partial charge in [0.05, 0.1) is 4.88 Å². The number of rotatable bonds is 4. The maximum Gasteiger partial charge on any atom is 0.268 e. The third-order valence-electron chi connectivity index (χ3n) is 2.53. The van der Waals surface area contributed by atoms with Gasteiger partial charge in [0.25, 0.3) is 5.89 Å². The van der Waals surface area contributed by atoms with Crippen LogP contribution in [0, 0.1) is 5.92 Å². The first-order valence-corrected chi connectivity index (χ1v) is 6.82. The standard InChI is InChI=1S/C12H13N5OS/c1-7(2)5-8-3-4-9(19-8)12-15-11(17-18-12)10-13-6-14-16-10/h3-4,6-7H,5H2,1-2H3,(H,13,14,16). The Balaban J connectivity index is 1.84. The van der Waals surface area contributed by atoms with Crippen molar-refractivity contribution < 1.29 is 4.52 Å². The molecular formula is C12H13N5OS. The Morgan fingerprint density at radius 1 is 1.37 bits per heavy atom. The largest absolute Gasteiger partial charge is 0.333 e. The summed E-state index contributed by atoms with van der Waals surface area (Å²) in [5, 5.41) is 10.4. The van der Waals surface area contributed by atoms with Gasteiger partial charge in [0.1, 0.15) is 6.33 Å². The highest BCUT2D eigenvalue weighted by molar-refractivity contribution is 7.15. The van der Waals surface area contributed by atoms with Crippen LogP contribution in [0.4, 0.5) is 0 Å². The first-order chi connectivity index (χ1) is 9.22. The molecule has 3 aromatic heterocycles. The van der Waals surface area contributed by atoms with E-state index in [4.69, 9.17) is 4.52 Å². The second kappa shape index (κ2) is 4.93. The fraction of sp³-hybridized carbons (Fsp3) is 0.333. The minimum atomic E-state index is 0.423. The Morgan fingerprint density at radius 3 is 3.00 bits per heavy atom. The van der Waals surface area contributed by atoms with Crippen LogP contribution in [0.5, 0.6) is 0 Å². The third-order valence-corrected chi connectivity index (χ3v) is 3.63. The lowest BCUT2D eigenvalue weighted by Gasteiger charge is -1.99. The molecule has 98 valence electrons. The summed E-state index contributed by atoms with van der Waals surface area (Å²) in [6.07, 6.45) is 2.48. The van der Waals surface area contributed by atoms with Crippen LogP contribution in [0.25, 0.3) is 22.4 Å².